The molecule has 2 heterocycles. The van der Waals surface area contributed by atoms with Crippen LogP contribution in [0.25, 0.3) is 0 Å². The molecule has 0 saturated carbocycles. The predicted octanol–water partition coefficient (Wildman–Crippen LogP) is 3.11. The summed E-state index contributed by atoms with van der Waals surface area (Å²) in [7, 11) is 1.30. The molecule has 9 nitrogen and oxygen atoms in total. The summed E-state index contributed by atoms with van der Waals surface area (Å²) in [5.41, 5.74) is 7.96. The molecule has 4 atom stereocenters. The Morgan fingerprint density at radius 2 is 2.11 bits per heavy atom. The van der Waals surface area contributed by atoms with Crippen LogP contribution in [0.5, 0.6) is 0 Å². The zero-order valence-corrected chi connectivity index (χ0v) is 21.5. The van der Waals surface area contributed by atoms with E-state index in [0.29, 0.717) is 25.6 Å². The van der Waals surface area contributed by atoms with Gasteiger partial charge in [-0.05, 0) is 68.2 Å². The number of aryl methyl sites for hydroxylation is 1. The van der Waals surface area contributed by atoms with E-state index in [1.165, 1.54) is 19.2 Å². The second kappa shape index (κ2) is 14.3. The summed E-state index contributed by atoms with van der Waals surface area (Å²) in [5, 5.41) is 5.59. The third-order valence-electron chi connectivity index (χ3n) is 6.98. The molecule has 0 aromatic heterocycles. The molecule has 1 aromatic carbocycles. The van der Waals surface area contributed by atoms with Crippen molar-refractivity contribution in [1.29, 1.82) is 0 Å². The van der Waals surface area contributed by atoms with E-state index in [-0.39, 0.29) is 37.0 Å². The van der Waals surface area contributed by atoms with Crippen molar-refractivity contribution >= 4 is 12.1 Å². The maximum atomic E-state index is 14.1. The van der Waals surface area contributed by atoms with Gasteiger partial charge in [-0.15, -0.1) is 0 Å². The van der Waals surface area contributed by atoms with Crippen LogP contribution in [-0.2, 0) is 14.2 Å². The number of piperidine rings is 1. The molecule has 2 fully saturated rings. The van der Waals surface area contributed by atoms with Crippen LogP contribution < -0.4 is 16.4 Å². The third kappa shape index (κ3) is 8.60. The summed E-state index contributed by atoms with van der Waals surface area (Å²) in [4.78, 5) is 26.1. The zero-order valence-electron chi connectivity index (χ0n) is 21.5. The first-order chi connectivity index (χ1) is 17.4. The van der Waals surface area contributed by atoms with E-state index in [1.54, 1.807) is 11.0 Å². The maximum Gasteiger partial charge on any atom is 0.406 e. The molecular formula is C26H41FN4O5. The highest BCUT2D eigenvalue weighted by atomic mass is 19.1. The minimum Gasteiger partial charge on any atom is -0.453 e. The summed E-state index contributed by atoms with van der Waals surface area (Å²) < 4.78 is 30.4. The van der Waals surface area contributed by atoms with E-state index >= 15 is 0 Å². The smallest absolute Gasteiger partial charge is 0.406 e. The molecule has 3 rings (SSSR count). The van der Waals surface area contributed by atoms with Gasteiger partial charge in [0, 0.05) is 51.4 Å². The van der Waals surface area contributed by atoms with Crippen LogP contribution in [-0.4, -0.2) is 76.2 Å². The minimum atomic E-state index is -0.535. The van der Waals surface area contributed by atoms with Crippen LogP contribution in [0.3, 0.4) is 0 Å². The molecule has 3 amide bonds. The van der Waals surface area contributed by atoms with Crippen LogP contribution in [0, 0.1) is 24.6 Å². The Morgan fingerprint density at radius 3 is 2.86 bits per heavy atom. The molecule has 36 heavy (non-hydrogen) atoms. The minimum absolute atomic E-state index is 0.0174. The van der Waals surface area contributed by atoms with Gasteiger partial charge in [0.15, 0.2) is 0 Å². The van der Waals surface area contributed by atoms with Crippen molar-refractivity contribution in [3.05, 3.63) is 35.1 Å². The molecule has 0 radical (unpaired) electrons. The Bertz CT molecular complexity index is 852. The largest absolute Gasteiger partial charge is 0.453 e. The average Bonchev–Trinajstić information content (AvgIpc) is 2.89. The molecule has 2 aliphatic rings. The van der Waals surface area contributed by atoms with Gasteiger partial charge < -0.3 is 35.5 Å². The first kappa shape index (κ1) is 28.1. The maximum absolute atomic E-state index is 14.1. The Labute approximate surface area is 213 Å². The molecular weight excluding hydrogens is 467 g/mol. The Hall–Kier alpha value is -2.43. The number of hydrogen-bond acceptors (Lipinski definition) is 6. The highest BCUT2D eigenvalue weighted by molar-refractivity contribution is 5.74. The van der Waals surface area contributed by atoms with Crippen molar-refractivity contribution in [3.63, 3.8) is 0 Å². The number of methoxy groups -OCH3 is 1. The SMILES string of the molecule is COC(=O)NCCO[C@@H](c1cc(F)ccc1C)[C@@H]1CCCN(C(=O)NC[C@@H](N)C[C@H]2CCCOC2)C1. The van der Waals surface area contributed by atoms with Gasteiger partial charge in [-0.3, -0.25) is 0 Å². The van der Waals surface area contributed by atoms with Crippen molar-refractivity contribution in [1.82, 2.24) is 15.5 Å². The molecule has 202 valence electrons. The van der Waals surface area contributed by atoms with E-state index in [1.807, 2.05) is 6.92 Å². The van der Waals surface area contributed by atoms with E-state index in [0.717, 1.165) is 56.4 Å². The standard InChI is InChI=1S/C26H41FN4O5/c1-18-7-8-21(27)14-23(18)24(36-12-9-29-26(33)34-2)20-6-3-10-31(16-20)25(32)30-15-22(28)13-19-5-4-11-35-17-19/h7-8,14,19-20,22,24H,3-6,9-13,15-17,28H2,1-2H3,(H,29,33)(H,30,32)/t19-,20-,22+,24-/m1/s1. The molecule has 0 unspecified atom stereocenters. The van der Waals surface area contributed by atoms with Crippen molar-refractivity contribution in [3.8, 4) is 0 Å². The fourth-order valence-electron chi connectivity index (χ4n) is 5.09. The number of nitrogens with zero attached hydrogens (tertiary/aromatic N) is 1. The van der Waals surface area contributed by atoms with Crippen molar-refractivity contribution in [2.75, 3.05) is 53.1 Å². The van der Waals surface area contributed by atoms with Crippen molar-refractivity contribution in [2.24, 2.45) is 17.6 Å². The van der Waals surface area contributed by atoms with Gasteiger partial charge in [-0.25, -0.2) is 14.0 Å². The second-order valence-corrected chi connectivity index (χ2v) is 9.82. The van der Waals surface area contributed by atoms with Gasteiger partial charge in [0.2, 0.25) is 0 Å². The highest BCUT2D eigenvalue weighted by Gasteiger charge is 2.32. The Kier molecular flexibility index (Phi) is 11.2. The van der Waals surface area contributed by atoms with Gasteiger partial charge >= 0.3 is 12.1 Å². The van der Waals surface area contributed by atoms with E-state index in [2.05, 4.69) is 15.4 Å². The summed E-state index contributed by atoms with van der Waals surface area (Å²) >= 11 is 0. The lowest BCUT2D eigenvalue weighted by Crippen LogP contribution is -2.49. The van der Waals surface area contributed by atoms with Gasteiger partial charge in [0.05, 0.1) is 19.8 Å². The number of ether oxygens (including phenoxy) is 3. The number of likely N-dealkylation sites (tertiary alicyclic amines) is 1. The number of nitrogens with two attached hydrogens (primary N) is 1. The first-order valence-corrected chi connectivity index (χ1v) is 12.9. The van der Waals surface area contributed by atoms with Crippen LogP contribution in [0.4, 0.5) is 14.0 Å². The van der Waals surface area contributed by atoms with Gasteiger partial charge in [-0.2, -0.15) is 0 Å². The summed E-state index contributed by atoms with van der Waals surface area (Å²) in [5.74, 6) is 0.0990. The number of hydrogen-bond donors (Lipinski definition) is 3. The van der Waals surface area contributed by atoms with Gasteiger partial charge in [0.25, 0.3) is 0 Å². The molecule has 0 aliphatic carbocycles. The highest BCUT2D eigenvalue weighted by Crippen LogP contribution is 2.35. The third-order valence-corrected chi connectivity index (χ3v) is 6.98. The lowest BCUT2D eigenvalue weighted by Gasteiger charge is -2.37. The van der Waals surface area contributed by atoms with Crippen LogP contribution in [0.1, 0.15) is 49.3 Å². The lowest BCUT2D eigenvalue weighted by atomic mass is 9.86. The number of alkyl carbamates (subject to hydrolysis) is 1. The molecule has 1 aromatic rings. The normalized spacial score (nSPS) is 21.9. The molecule has 2 saturated heterocycles. The molecule has 4 N–H and O–H groups in total. The Balaban J connectivity index is 1.58. The van der Waals surface area contributed by atoms with Crippen LogP contribution in [0.2, 0.25) is 0 Å². The zero-order chi connectivity index (χ0) is 25.9. The fraction of sp³-hybridized carbons (Fsp3) is 0.692. The lowest BCUT2D eigenvalue weighted by molar-refractivity contribution is -0.00900. The average molecular weight is 509 g/mol. The van der Waals surface area contributed by atoms with Crippen LogP contribution in [0.15, 0.2) is 18.2 Å². The number of halogens is 1. The number of carbonyl (C=O) groups is 2. The van der Waals surface area contributed by atoms with Crippen molar-refractivity contribution < 1.29 is 28.2 Å². The molecule has 0 spiro atoms. The number of nitrogens with one attached hydrogen (secondary N) is 2. The van der Waals surface area contributed by atoms with Crippen LogP contribution >= 0.6 is 0 Å². The number of rotatable bonds is 10. The Morgan fingerprint density at radius 1 is 1.28 bits per heavy atom. The quantitative estimate of drug-likeness (QED) is 0.419. The van der Waals surface area contributed by atoms with E-state index in [4.69, 9.17) is 15.2 Å². The second-order valence-electron chi connectivity index (χ2n) is 9.82. The van der Waals surface area contributed by atoms with Gasteiger partial charge in [0.1, 0.15) is 5.82 Å². The number of urea groups is 1. The fourth-order valence-corrected chi connectivity index (χ4v) is 5.09. The monoisotopic (exact) mass is 508 g/mol. The summed E-state index contributed by atoms with van der Waals surface area (Å²) in [6.45, 7) is 5.53. The first-order valence-electron chi connectivity index (χ1n) is 12.9. The van der Waals surface area contributed by atoms with Gasteiger partial charge in [-0.1, -0.05) is 6.07 Å². The molecule has 10 heteroatoms. The van der Waals surface area contributed by atoms with Crippen molar-refractivity contribution in [2.45, 2.75) is 51.2 Å². The number of carbonyl (C=O) groups excluding carboxylic acids is 2. The van der Waals surface area contributed by atoms with E-state index < -0.39 is 12.2 Å². The summed E-state index contributed by atoms with van der Waals surface area (Å²) in [6, 6.07) is 4.41. The number of benzene rings is 1. The molecule has 0 bridgehead atoms. The predicted molar refractivity (Wildman–Crippen MR) is 134 cm³/mol. The topological polar surface area (TPSA) is 115 Å². The number of amides is 3. The van der Waals surface area contributed by atoms with E-state index in [9.17, 15) is 14.0 Å². The molecule has 2 aliphatic heterocycles. The summed E-state index contributed by atoms with van der Waals surface area (Å²) in [6.07, 6.45) is 3.72.